The molecule has 2 saturated heterocycles. The number of hydrogen-bond acceptors (Lipinski definition) is 4. The molecule has 0 radical (unpaired) electrons. The Balaban J connectivity index is 1.75. The van der Waals surface area contributed by atoms with Crippen LogP contribution in [0.4, 0.5) is 0 Å². The van der Waals surface area contributed by atoms with Crippen molar-refractivity contribution in [3.63, 3.8) is 0 Å². The molecule has 4 nitrogen and oxygen atoms in total. The van der Waals surface area contributed by atoms with Crippen molar-refractivity contribution in [3.8, 4) is 0 Å². The van der Waals surface area contributed by atoms with E-state index in [-0.39, 0.29) is 12.7 Å². The van der Waals surface area contributed by atoms with Crippen LogP contribution in [0.25, 0.3) is 0 Å². The van der Waals surface area contributed by atoms with Gasteiger partial charge in [-0.15, -0.1) is 0 Å². The van der Waals surface area contributed by atoms with Crippen molar-refractivity contribution in [2.45, 2.75) is 50.8 Å². The molecule has 2 rings (SSSR count). The van der Waals surface area contributed by atoms with Crippen LogP contribution in [-0.2, 0) is 4.74 Å². The molecule has 2 fully saturated rings. The normalized spacial score (nSPS) is 33.5. The first-order chi connectivity index (χ1) is 8.29. The molecule has 0 amide bonds. The molecule has 17 heavy (non-hydrogen) atoms. The summed E-state index contributed by atoms with van der Waals surface area (Å²) < 4.78 is 5.49. The summed E-state index contributed by atoms with van der Waals surface area (Å²) >= 11 is 0. The fraction of sp³-hybridized carbons (Fsp3) is 1.00. The first-order valence-corrected chi connectivity index (χ1v) is 6.99. The van der Waals surface area contributed by atoms with Gasteiger partial charge in [-0.05, 0) is 32.7 Å². The van der Waals surface area contributed by atoms with Gasteiger partial charge in [-0.25, -0.2) is 0 Å². The Hall–Kier alpha value is -0.160. The standard InChI is InChI=1S/C13H26N2O2/c1-11(8-12-4-2-3-5-14-12)15-6-7-17-13(9-15)10-16/h11-14,16H,2-10H2,1H3. The summed E-state index contributed by atoms with van der Waals surface area (Å²) in [6.45, 7) is 6.27. The number of nitrogens with one attached hydrogen (secondary N) is 1. The van der Waals surface area contributed by atoms with Crippen LogP contribution in [0.15, 0.2) is 0 Å². The van der Waals surface area contributed by atoms with Crippen LogP contribution in [-0.4, -0.2) is 61.0 Å². The lowest BCUT2D eigenvalue weighted by Gasteiger charge is -2.38. The van der Waals surface area contributed by atoms with Gasteiger partial charge in [0.05, 0.1) is 19.3 Å². The van der Waals surface area contributed by atoms with Gasteiger partial charge in [0.2, 0.25) is 0 Å². The Labute approximate surface area is 104 Å². The van der Waals surface area contributed by atoms with Crippen molar-refractivity contribution in [3.05, 3.63) is 0 Å². The summed E-state index contributed by atoms with van der Waals surface area (Å²) in [5.74, 6) is 0. The van der Waals surface area contributed by atoms with Crippen LogP contribution in [0, 0.1) is 0 Å². The number of aliphatic hydroxyl groups is 1. The van der Waals surface area contributed by atoms with E-state index in [1.54, 1.807) is 0 Å². The molecule has 2 N–H and O–H groups in total. The number of hydrogen-bond donors (Lipinski definition) is 2. The number of morpholine rings is 1. The number of aliphatic hydroxyl groups excluding tert-OH is 1. The first kappa shape index (κ1) is 13.3. The van der Waals surface area contributed by atoms with Crippen LogP contribution in [0.5, 0.6) is 0 Å². The van der Waals surface area contributed by atoms with Crippen molar-refractivity contribution in [1.82, 2.24) is 10.2 Å². The average Bonchev–Trinajstić information content (AvgIpc) is 2.40. The van der Waals surface area contributed by atoms with E-state index in [2.05, 4.69) is 17.1 Å². The monoisotopic (exact) mass is 242 g/mol. The lowest BCUT2D eigenvalue weighted by Crippen LogP contribution is -2.50. The van der Waals surface area contributed by atoms with Crippen molar-refractivity contribution >= 4 is 0 Å². The van der Waals surface area contributed by atoms with Crippen LogP contribution in [0.2, 0.25) is 0 Å². The fourth-order valence-corrected chi connectivity index (χ4v) is 2.94. The Bertz CT molecular complexity index is 219. The molecule has 0 aromatic heterocycles. The van der Waals surface area contributed by atoms with Gasteiger partial charge in [-0.3, -0.25) is 4.90 Å². The van der Waals surface area contributed by atoms with Gasteiger partial charge < -0.3 is 15.2 Å². The summed E-state index contributed by atoms with van der Waals surface area (Å²) in [7, 11) is 0. The van der Waals surface area contributed by atoms with Crippen molar-refractivity contribution in [2.75, 3.05) is 32.8 Å². The molecule has 2 heterocycles. The molecule has 0 aromatic rings. The van der Waals surface area contributed by atoms with Gasteiger partial charge in [-0.1, -0.05) is 6.42 Å². The van der Waals surface area contributed by atoms with Crippen molar-refractivity contribution in [1.29, 1.82) is 0 Å². The molecule has 0 aromatic carbocycles. The minimum absolute atomic E-state index is 0.0190. The van der Waals surface area contributed by atoms with E-state index in [1.165, 1.54) is 32.2 Å². The number of ether oxygens (including phenoxy) is 1. The van der Waals surface area contributed by atoms with Crippen molar-refractivity contribution in [2.24, 2.45) is 0 Å². The molecular formula is C13H26N2O2. The maximum absolute atomic E-state index is 9.15. The van der Waals surface area contributed by atoms with E-state index in [4.69, 9.17) is 9.84 Å². The quantitative estimate of drug-likeness (QED) is 0.758. The molecule has 3 unspecified atom stereocenters. The second-order valence-electron chi connectivity index (χ2n) is 5.40. The van der Waals surface area contributed by atoms with Crippen molar-refractivity contribution < 1.29 is 9.84 Å². The van der Waals surface area contributed by atoms with Gasteiger partial charge in [0.1, 0.15) is 0 Å². The third-order valence-electron chi connectivity index (χ3n) is 4.04. The van der Waals surface area contributed by atoms with E-state index in [0.29, 0.717) is 12.1 Å². The Morgan fingerprint density at radius 1 is 1.47 bits per heavy atom. The molecule has 0 aliphatic carbocycles. The Morgan fingerprint density at radius 2 is 2.35 bits per heavy atom. The van der Waals surface area contributed by atoms with Crippen LogP contribution >= 0.6 is 0 Å². The third kappa shape index (κ3) is 3.91. The summed E-state index contributed by atoms with van der Waals surface area (Å²) in [6.07, 6.45) is 5.25. The summed E-state index contributed by atoms with van der Waals surface area (Å²) in [6, 6.07) is 1.28. The number of nitrogens with zero attached hydrogens (tertiary/aromatic N) is 1. The van der Waals surface area contributed by atoms with Crippen LogP contribution in [0.1, 0.15) is 32.6 Å². The molecule has 0 bridgehead atoms. The highest BCUT2D eigenvalue weighted by Crippen LogP contribution is 2.17. The lowest BCUT2D eigenvalue weighted by molar-refractivity contribution is -0.0645. The summed E-state index contributed by atoms with van der Waals surface area (Å²) in [5, 5.41) is 12.8. The lowest BCUT2D eigenvalue weighted by atomic mass is 9.98. The van der Waals surface area contributed by atoms with Gasteiger partial charge in [0, 0.05) is 25.2 Å². The zero-order valence-electron chi connectivity index (χ0n) is 10.9. The van der Waals surface area contributed by atoms with E-state index < -0.39 is 0 Å². The second kappa shape index (κ2) is 6.69. The molecule has 2 aliphatic rings. The van der Waals surface area contributed by atoms with E-state index in [1.807, 2.05) is 0 Å². The highest BCUT2D eigenvalue weighted by Gasteiger charge is 2.25. The fourth-order valence-electron chi connectivity index (χ4n) is 2.94. The van der Waals surface area contributed by atoms with Gasteiger partial charge >= 0.3 is 0 Å². The van der Waals surface area contributed by atoms with E-state index in [0.717, 1.165) is 19.7 Å². The number of rotatable bonds is 4. The predicted octanol–water partition coefficient (Wildman–Crippen LogP) is 0.600. The molecule has 4 heteroatoms. The molecule has 3 atom stereocenters. The first-order valence-electron chi connectivity index (χ1n) is 6.99. The maximum atomic E-state index is 9.15. The smallest absolute Gasteiger partial charge is 0.0932 e. The highest BCUT2D eigenvalue weighted by molar-refractivity contribution is 4.81. The Kier molecular flexibility index (Phi) is 5.22. The SMILES string of the molecule is CC(CC1CCCCN1)N1CCOC(CO)C1. The van der Waals surface area contributed by atoms with E-state index >= 15 is 0 Å². The van der Waals surface area contributed by atoms with Gasteiger partial charge in [0.25, 0.3) is 0 Å². The molecule has 100 valence electrons. The summed E-state index contributed by atoms with van der Waals surface area (Å²) in [4.78, 5) is 2.46. The number of piperidine rings is 1. The molecule has 2 aliphatic heterocycles. The second-order valence-corrected chi connectivity index (χ2v) is 5.40. The third-order valence-corrected chi connectivity index (χ3v) is 4.04. The van der Waals surface area contributed by atoms with Crippen LogP contribution < -0.4 is 5.32 Å². The molecule has 0 saturated carbocycles. The minimum atomic E-state index is 0.0190. The zero-order valence-corrected chi connectivity index (χ0v) is 10.9. The molecular weight excluding hydrogens is 216 g/mol. The van der Waals surface area contributed by atoms with E-state index in [9.17, 15) is 0 Å². The largest absolute Gasteiger partial charge is 0.394 e. The highest BCUT2D eigenvalue weighted by atomic mass is 16.5. The maximum Gasteiger partial charge on any atom is 0.0932 e. The Morgan fingerprint density at radius 3 is 3.06 bits per heavy atom. The minimum Gasteiger partial charge on any atom is -0.394 e. The zero-order chi connectivity index (χ0) is 12.1. The predicted molar refractivity (Wildman–Crippen MR) is 68.1 cm³/mol. The average molecular weight is 242 g/mol. The topological polar surface area (TPSA) is 44.7 Å². The summed E-state index contributed by atoms with van der Waals surface area (Å²) in [5.41, 5.74) is 0. The van der Waals surface area contributed by atoms with Crippen LogP contribution in [0.3, 0.4) is 0 Å². The molecule has 0 spiro atoms. The van der Waals surface area contributed by atoms with Gasteiger partial charge in [0.15, 0.2) is 0 Å². The van der Waals surface area contributed by atoms with Gasteiger partial charge in [-0.2, -0.15) is 0 Å².